The third-order valence-corrected chi connectivity index (χ3v) is 3.36. The van der Waals surface area contributed by atoms with Gasteiger partial charge >= 0.3 is 0 Å². The molecule has 1 heteroatoms. The van der Waals surface area contributed by atoms with Gasteiger partial charge in [-0.05, 0) is 37.1 Å². The van der Waals surface area contributed by atoms with Crippen LogP contribution in [0.2, 0.25) is 0 Å². The maximum absolute atomic E-state index is 3.70. The Morgan fingerprint density at radius 2 is 1.86 bits per heavy atom. The van der Waals surface area contributed by atoms with Crippen LogP contribution in [0.3, 0.4) is 0 Å². The van der Waals surface area contributed by atoms with E-state index in [9.17, 15) is 0 Å². The summed E-state index contributed by atoms with van der Waals surface area (Å²) >= 11 is 0. The van der Waals surface area contributed by atoms with Crippen LogP contribution in [0, 0.1) is 17.8 Å². The zero-order chi connectivity index (χ0) is 10.6. The first-order chi connectivity index (χ1) is 6.65. The van der Waals surface area contributed by atoms with Gasteiger partial charge in [0.1, 0.15) is 0 Å². The largest absolute Gasteiger partial charge is 0.313 e. The Balaban J connectivity index is 2.30. The van der Waals surface area contributed by atoms with E-state index in [2.05, 4.69) is 33.0 Å². The van der Waals surface area contributed by atoms with Crippen LogP contribution in [0.4, 0.5) is 0 Å². The summed E-state index contributed by atoms with van der Waals surface area (Å²) in [6.07, 6.45) is 5.67. The summed E-state index contributed by atoms with van der Waals surface area (Å²) in [5.41, 5.74) is 0. The minimum absolute atomic E-state index is 0.732. The first-order valence-corrected chi connectivity index (χ1v) is 6.38. The van der Waals surface area contributed by atoms with Crippen LogP contribution in [-0.4, -0.2) is 12.6 Å². The van der Waals surface area contributed by atoms with Gasteiger partial charge in [-0.25, -0.2) is 0 Å². The number of rotatable bonds is 7. The van der Waals surface area contributed by atoms with E-state index in [1.807, 2.05) is 0 Å². The van der Waals surface area contributed by atoms with Gasteiger partial charge in [0.15, 0.2) is 0 Å². The molecule has 0 radical (unpaired) electrons. The summed E-state index contributed by atoms with van der Waals surface area (Å²) in [6.45, 7) is 10.5. The SMILES string of the molecule is CCCNC(C(C)C)C(C)CC1CC1. The highest BCUT2D eigenvalue weighted by Gasteiger charge is 2.28. The average molecular weight is 197 g/mol. The molecule has 1 aliphatic carbocycles. The predicted molar refractivity (Wildman–Crippen MR) is 63.4 cm³/mol. The molecule has 0 aromatic heterocycles. The van der Waals surface area contributed by atoms with Gasteiger partial charge in [0.05, 0.1) is 0 Å². The van der Waals surface area contributed by atoms with E-state index in [1.165, 1.54) is 32.2 Å². The monoisotopic (exact) mass is 197 g/mol. The van der Waals surface area contributed by atoms with Crippen molar-refractivity contribution in [3.63, 3.8) is 0 Å². The van der Waals surface area contributed by atoms with Crippen molar-refractivity contribution in [2.45, 2.75) is 59.4 Å². The molecule has 0 aromatic rings. The van der Waals surface area contributed by atoms with Crippen LogP contribution >= 0.6 is 0 Å². The molecule has 1 aliphatic rings. The Bertz CT molecular complexity index is 149. The molecule has 2 atom stereocenters. The molecule has 1 nitrogen and oxygen atoms in total. The molecule has 84 valence electrons. The molecule has 2 unspecified atom stereocenters. The summed E-state index contributed by atoms with van der Waals surface area (Å²) < 4.78 is 0. The highest BCUT2D eigenvalue weighted by molar-refractivity contribution is 4.82. The summed E-state index contributed by atoms with van der Waals surface area (Å²) in [5.74, 6) is 2.69. The lowest BCUT2D eigenvalue weighted by Crippen LogP contribution is -2.39. The van der Waals surface area contributed by atoms with Gasteiger partial charge in [-0.3, -0.25) is 0 Å². The lowest BCUT2D eigenvalue weighted by Gasteiger charge is -2.28. The third-order valence-electron chi connectivity index (χ3n) is 3.36. The van der Waals surface area contributed by atoms with Gasteiger partial charge in [-0.15, -0.1) is 0 Å². The Labute approximate surface area is 89.7 Å². The third kappa shape index (κ3) is 4.00. The van der Waals surface area contributed by atoms with Crippen LogP contribution in [0.5, 0.6) is 0 Å². The second-order valence-electron chi connectivity index (χ2n) is 5.38. The fraction of sp³-hybridized carbons (Fsp3) is 1.00. The summed E-state index contributed by atoms with van der Waals surface area (Å²) in [4.78, 5) is 0. The molecule has 1 fully saturated rings. The minimum atomic E-state index is 0.732. The molecule has 0 spiro atoms. The predicted octanol–water partition coefficient (Wildman–Crippen LogP) is 3.45. The second kappa shape index (κ2) is 5.75. The van der Waals surface area contributed by atoms with Crippen LogP contribution in [0.15, 0.2) is 0 Å². The topological polar surface area (TPSA) is 12.0 Å². The van der Waals surface area contributed by atoms with Crippen molar-refractivity contribution in [2.24, 2.45) is 17.8 Å². The first kappa shape index (κ1) is 12.0. The molecule has 0 saturated heterocycles. The number of nitrogens with one attached hydrogen (secondary N) is 1. The van der Waals surface area contributed by atoms with Crippen LogP contribution in [0.1, 0.15) is 53.4 Å². The number of hydrogen-bond donors (Lipinski definition) is 1. The molecule has 1 N–H and O–H groups in total. The molecule has 0 amide bonds. The lowest BCUT2D eigenvalue weighted by atomic mass is 9.88. The van der Waals surface area contributed by atoms with Crippen molar-refractivity contribution in [3.8, 4) is 0 Å². The minimum Gasteiger partial charge on any atom is -0.313 e. The smallest absolute Gasteiger partial charge is 0.0116 e. The number of hydrogen-bond acceptors (Lipinski definition) is 1. The Kier molecular flexibility index (Phi) is 4.94. The van der Waals surface area contributed by atoms with Crippen LogP contribution < -0.4 is 5.32 Å². The maximum atomic E-state index is 3.70. The fourth-order valence-electron chi connectivity index (χ4n) is 2.43. The molecule has 0 bridgehead atoms. The van der Waals surface area contributed by atoms with Gasteiger partial charge in [0.25, 0.3) is 0 Å². The molecule has 1 rings (SSSR count). The van der Waals surface area contributed by atoms with Crippen molar-refractivity contribution < 1.29 is 0 Å². The van der Waals surface area contributed by atoms with E-state index < -0.39 is 0 Å². The lowest BCUT2D eigenvalue weighted by molar-refractivity contribution is 0.278. The standard InChI is InChI=1S/C13H27N/c1-5-8-14-13(10(2)3)11(4)9-12-6-7-12/h10-14H,5-9H2,1-4H3. The molecule has 1 saturated carbocycles. The molecule has 0 aliphatic heterocycles. The van der Waals surface area contributed by atoms with Gasteiger partial charge in [-0.1, -0.05) is 40.5 Å². The highest BCUT2D eigenvalue weighted by Crippen LogP contribution is 2.36. The first-order valence-electron chi connectivity index (χ1n) is 6.38. The van der Waals surface area contributed by atoms with Crippen LogP contribution in [-0.2, 0) is 0 Å². The van der Waals surface area contributed by atoms with E-state index in [1.54, 1.807) is 0 Å². The fourth-order valence-corrected chi connectivity index (χ4v) is 2.43. The van der Waals surface area contributed by atoms with Gasteiger partial charge in [0.2, 0.25) is 0 Å². The summed E-state index contributed by atoms with van der Waals surface area (Å²) in [6, 6.07) is 0.732. The highest BCUT2D eigenvalue weighted by atomic mass is 14.9. The van der Waals surface area contributed by atoms with E-state index in [4.69, 9.17) is 0 Å². The van der Waals surface area contributed by atoms with E-state index in [0.29, 0.717) is 0 Å². The van der Waals surface area contributed by atoms with Gasteiger partial charge in [0, 0.05) is 6.04 Å². The van der Waals surface area contributed by atoms with E-state index in [-0.39, 0.29) is 0 Å². The second-order valence-corrected chi connectivity index (χ2v) is 5.38. The summed E-state index contributed by atoms with van der Waals surface area (Å²) in [7, 11) is 0. The van der Waals surface area contributed by atoms with Crippen molar-refractivity contribution in [3.05, 3.63) is 0 Å². The average Bonchev–Trinajstić information content (AvgIpc) is 2.88. The Morgan fingerprint density at radius 1 is 1.21 bits per heavy atom. The Hall–Kier alpha value is -0.0400. The zero-order valence-corrected chi connectivity index (χ0v) is 10.3. The van der Waals surface area contributed by atoms with Gasteiger partial charge in [-0.2, -0.15) is 0 Å². The van der Waals surface area contributed by atoms with Crippen LogP contribution in [0.25, 0.3) is 0 Å². The zero-order valence-electron chi connectivity index (χ0n) is 10.3. The summed E-state index contributed by atoms with van der Waals surface area (Å²) in [5, 5.41) is 3.70. The molecule has 14 heavy (non-hydrogen) atoms. The molecular formula is C13H27N. The Morgan fingerprint density at radius 3 is 2.29 bits per heavy atom. The quantitative estimate of drug-likeness (QED) is 0.659. The molecule has 0 aromatic carbocycles. The maximum Gasteiger partial charge on any atom is 0.0116 e. The van der Waals surface area contributed by atoms with Gasteiger partial charge < -0.3 is 5.32 Å². The van der Waals surface area contributed by atoms with Crippen molar-refractivity contribution in [2.75, 3.05) is 6.54 Å². The van der Waals surface area contributed by atoms with Crippen molar-refractivity contribution >= 4 is 0 Å². The van der Waals surface area contributed by atoms with E-state index in [0.717, 1.165) is 23.8 Å². The van der Waals surface area contributed by atoms with Crippen molar-refractivity contribution in [1.29, 1.82) is 0 Å². The normalized spacial score (nSPS) is 21.2. The molecule has 0 heterocycles. The molecular weight excluding hydrogens is 170 g/mol. The van der Waals surface area contributed by atoms with Crippen molar-refractivity contribution in [1.82, 2.24) is 5.32 Å². The van der Waals surface area contributed by atoms with E-state index >= 15 is 0 Å².